The van der Waals surface area contributed by atoms with Crippen LogP contribution >= 0.6 is 11.3 Å². The molecule has 0 saturated heterocycles. The molecule has 0 radical (unpaired) electrons. The van der Waals surface area contributed by atoms with Gasteiger partial charge in [0.2, 0.25) is 5.91 Å². The van der Waals surface area contributed by atoms with Gasteiger partial charge in [0.25, 0.3) is 0 Å². The monoisotopic (exact) mass is 333 g/mol. The first-order chi connectivity index (χ1) is 11.2. The van der Waals surface area contributed by atoms with E-state index in [2.05, 4.69) is 5.32 Å². The van der Waals surface area contributed by atoms with Gasteiger partial charge >= 0.3 is 5.97 Å². The zero-order valence-electron chi connectivity index (χ0n) is 13.5. The predicted octanol–water partition coefficient (Wildman–Crippen LogP) is 3.79. The number of fused-ring (bicyclic) bond motifs is 3. The fourth-order valence-corrected chi connectivity index (χ4v) is 5.96. The van der Waals surface area contributed by atoms with Crippen molar-refractivity contribution >= 4 is 28.2 Å². The minimum Gasteiger partial charge on any atom is -0.462 e. The third-order valence-corrected chi connectivity index (χ3v) is 6.92. The van der Waals surface area contributed by atoms with Crippen molar-refractivity contribution in [3.8, 4) is 0 Å². The third-order valence-electron chi connectivity index (χ3n) is 5.71. The second-order valence-electron chi connectivity index (χ2n) is 7.05. The van der Waals surface area contributed by atoms with Crippen LogP contribution in [0.5, 0.6) is 0 Å². The first kappa shape index (κ1) is 15.2. The van der Waals surface area contributed by atoms with E-state index >= 15 is 0 Å². The van der Waals surface area contributed by atoms with E-state index in [4.69, 9.17) is 4.74 Å². The molecule has 1 aromatic heterocycles. The standard InChI is InChI=1S/C18H23NO3S/c1-2-22-18(21)15-12-4-3-5-14(12)23-17(15)19-16(20)13-9-10-6-7-11(13)8-10/h10-11,13H,2-9H2,1H3,(H,19,20)/t10-,11-,13+/m1/s1. The smallest absolute Gasteiger partial charge is 0.341 e. The maximum absolute atomic E-state index is 12.7. The van der Waals surface area contributed by atoms with Gasteiger partial charge in [-0.3, -0.25) is 4.79 Å². The van der Waals surface area contributed by atoms with Crippen LogP contribution in [0.25, 0.3) is 0 Å². The molecule has 5 heteroatoms. The maximum Gasteiger partial charge on any atom is 0.341 e. The number of esters is 1. The number of carbonyl (C=O) groups is 2. The number of hydrogen-bond acceptors (Lipinski definition) is 4. The van der Waals surface area contributed by atoms with Crippen LogP contribution in [0.4, 0.5) is 5.00 Å². The molecule has 23 heavy (non-hydrogen) atoms. The van der Waals surface area contributed by atoms with Crippen LogP contribution in [0.1, 0.15) is 59.8 Å². The Morgan fingerprint density at radius 2 is 2.13 bits per heavy atom. The molecule has 0 aromatic carbocycles. The van der Waals surface area contributed by atoms with Crippen LogP contribution < -0.4 is 5.32 Å². The van der Waals surface area contributed by atoms with Crippen molar-refractivity contribution in [3.05, 3.63) is 16.0 Å². The lowest BCUT2D eigenvalue weighted by atomic mass is 9.88. The number of nitrogens with one attached hydrogen (secondary N) is 1. The van der Waals surface area contributed by atoms with Gasteiger partial charge in [-0.15, -0.1) is 11.3 Å². The highest BCUT2D eigenvalue weighted by Crippen LogP contribution is 2.49. The number of aryl methyl sites for hydroxylation is 1. The van der Waals surface area contributed by atoms with E-state index in [0.717, 1.165) is 42.2 Å². The first-order valence-electron chi connectivity index (χ1n) is 8.80. The fraction of sp³-hybridized carbons (Fsp3) is 0.667. The van der Waals surface area contributed by atoms with Crippen LogP contribution in [0.15, 0.2) is 0 Å². The van der Waals surface area contributed by atoms with Gasteiger partial charge in [-0.25, -0.2) is 4.79 Å². The van der Waals surface area contributed by atoms with Crippen LogP contribution in [-0.4, -0.2) is 18.5 Å². The maximum atomic E-state index is 12.7. The van der Waals surface area contributed by atoms with E-state index in [-0.39, 0.29) is 17.8 Å². The molecule has 2 bridgehead atoms. The Balaban J connectivity index is 1.56. The average molecular weight is 333 g/mol. The van der Waals surface area contributed by atoms with Gasteiger partial charge in [0.15, 0.2) is 0 Å². The molecule has 3 atom stereocenters. The second-order valence-corrected chi connectivity index (χ2v) is 8.16. The highest BCUT2D eigenvalue weighted by molar-refractivity contribution is 7.17. The Kier molecular flexibility index (Phi) is 3.92. The van der Waals surface area contributed by atoms with Gasteiger partial charge in [0.1, 0.15) is 5.00 Å². The molecule has 3 aliphatic rings. The van der Waals surface area contributed by atoms with E-state index in [0.29, 0.717) is 18.1 Å². The molecule has 1 amide bonds. The van der Waals surface area contributed by atoms with Gasteiger partial charge in [-0.1, -0.05) is 6.42 Å². The molecule has 4 rings (SSSR count). The highest BCUT2D eigenvalue weighted by atomic mass is 32.1. The lowest BCUT2D eigenvalue weighted by Crippen LogP contribution is -2.27. The fourth-order valence-electron chi connectivity index (χ4n) is 4.68. The molecular formula is C18H23NO3S. The molecule has 3 aliphatic carbocycles. The second kappa shape index (κ2) is 5.93. The SMILES string of the molecule is CCOC(=O)c1c(NC(=O)[C@H]2C[C@@H]3CC[C@@H]2C3)sc2c1CCC2. The van der Waals surface area contributed by atoms with Crippen molar-refractivity contribution in [3.63, 3.8) is 0 Å². The lowest BCUT2D eigenvalue weighted by Gasteiger charge is -2.20. The van der Waals surface area contributed by atoms with Crippen molar-refractivity contribution in [2.75, 3.05) is 11.9 Å². The van der Waals surface area contributed by atoms with Crippen LogP contribution in [0.3, 0.4) is 0 Å². The number of amides is 1. The lowest BCUT2D eigenvalue weighted by molar-refractivity contribution is -0.121. The minimum absolute atomic E-state index is 0.114. The van der Waals surface area contributed by atoms with Gasteiger partial charge in [-0.05, 0) is 62.8 Å². The number of hydrogen-bond donors (Lipinski definition) is 1. The van der Waals surface area contributed by atoms with Crippen LogP contribution in [-0.2, 0) is 22.4 Å². The van der Waals surface area contributed by atoms with Gasteiger partial charge in [0, 0.05) is 10.8 Å². The van der Waals surface area contributed by atoms with Crippen molar-refractivity contribution in [2.24, 2.45) is 17.8 Å². The predicted molar refractivity (Wildman–Crippen MR) is 89.9 cm³/mol. The van der Waals surface area contributed by atoms with E-state index in [1.54, 1.807) is 11.3 Å². The zero-order chi connectivity index (χ0) is 16.0. The van der Waals surface area contributed by atoms with Crippen molar-refractivity contribution in [2.45, 2.75) is 51.9 Å². The third kappa shape index (κ3) is 2.59. The summed E-state index contributed by atoms with van der Waals surface area (Å²) in [5, 5.41) is 3.81. The summed E-state index contributed by atoms with van der Waals surface area (Å²) in [6.45, 7) is 2.18. The molecule has 1 aromatic rings. The van der Waals surface area contributed by atoms with Gasteiger partial charge in [-0.2, -0.15) is 0 Å². The zero-order valence-corrected chi connectivity index (χ0v) is 14.3. The number of thiophene rings is 1. The molecule has 0 spiro atoms. The number of carbonyl (C=O) groups excluding carboxylic acids is 2. The van der Waals surface area contributed by atoms with E-state index in [1.807, 2.05) is 6.92 Å². The Morgan fingerprint density at radius 3 is 2.83 bits per heavy atom. The van der Waals surface area contributed by atoms with Gasteiger partial charge < -0.3 is 10.1 Å². The Hall–Kier alpha value is -1.36. The van der Waals surface area contributed by atoms with Crippen molar-refractivity contribution in [1.82, 2.24) is 0 Å². The van der Waals surface area contributed by atoms with E-state index < -0.39 is 0 Å². The largest absolute Gasteiger partial charge is 0.462 e. The summed E-state index contributed by atoms with van der Waals surface area (Å²) in [6, 6.07) is 0. The quantitative estimate of drug-likeness (QED) is 0.853. The summed E-state index contributed by atoms with van der Waals surface area (Å²) in [7, 11) is 0. The Labute approximate surface area is 140 Å². The molecule has 2 fully saturated rings. The highest BCUT2D eigenvalue weighted by Gasteiger charge is 2.43. The van der Waals surface area contributed by atoms with E-state index in [1.165, 1.54) is 24.1 Å². The van der Waals surface area contributed by atoms with Crippen LogP contribution in [0, 0.1) is 17.8 Å². The molecule has 1 N–H and O–H groups in total. The summed E-state index contributed by atoms with van der Waals surface area (Å²) < 4.78 is 5.23. The average Bonchev–Trinajstić information content (AvgIpc) is 3.27. The van der Waals surface area contributed by atoms with Gasteiger partial charge in [0.05, 0.1) is 12.2 Å². The summed E-state index contributed by atoms with van der Waals surface area (Å²) in [4.78, 5) is 26.3. The first-order valence-corrected chi connectivity index (χ1v) is 9.61. The van der Waals surface area contributed by atoms with E-state index in [9.17, 15) is 9.59 Å². The van der Waals surface area contributed by atoms with Crippen molar-refractivity contribution < 1.29 is 14.3 Å². The Morgan fingerprint density at radius 1 is 1.26 bits per heavy atom. The number of rotatable bonds is 4. The number of ether oxygens (including phenoxy) is 1. The minimum atomic E-state index is -0.282. The molecule has 2 saturated carbocycles. The summed E-state index contributed by atoms with van der Waals surface area (Å²) in [5.74, 6) is 1.27. The number of anilines is 1. The molecular weight excluding hydrogens is 310 g/mol. The van der Waals surface area contributed by atoms with Crippen molar-refractivity contribution in [1.29, 1.82) is 0 Å². The summed E-state index contributed by atoms with van der Waals surface area (Å²) in [6.07, 6.45) is 7.74. The van der Waals surface area contributed by atoms with Crippen LogP contribution in [0.2, 0.25) is 0 Å². The normalized spacial score (nSPS) is 28.0. The molecule has 0 aliphatic heterocycles. The molecule has 4 nitrogen and oxygen atoms in total. The topological polar surface area (TPSA) is 55.4 Å². The molecule has 124 valence electrons. The summed E-state index contributed by atoms with van der Waals surface area (Å²) in [5.41, 5.74) is 1.73. The molecule has 1 heterocycles. The Bertz CT molecular complexity index is 651. The summed E-state index contributed by atoms with van der Waals surface area (Å²) >= 11 is 1.58. The molecule has 0 unspecified atom stereocenters.